The second-order valence-corrected chi connectivity index (χ2v) is 10.0. The van der Waals surface area contributed by atoms with Crippen LogP contribution in [-0.4, -0.2) is 62.5 Å². The molecule has 3 aromatic rings. The first-order valence-corrected chi connectivity index (χ1v) is 12.0. The first-order chi connectivity index (χ1) is 17.0. The molecule has 1 aliphatic heterocycles. The van der Waals surface area contributed by atoms with Crippen LogP contribution in [0.4, 0.5) is 4.79 Å². The summed E-state index contributed by atoms with van der Waals surface area (Å²) in [4.78, 5) is 54.6. The zero-order valence-electron chi connectivity index (χ0n) is 21.0. The molecule has 10 nitrogen and oxygen atoms in total. The molecule has 1 fully saturated rings. The number of nitrogens with zero attached hydrogens (tertiary/aromatic N) is 3. The van der Waals surface area contributed by atoms with Gasteiger partial charge in [-0.1, -0.05) is 24.3 Å². The number of aromatic amines is 1. The molecular weight excluding hydrogens is 462 g/mol. The lowest BCUT2D eigenvalue weighted by atomic mass is 9.93. The quantitative estimate of drug-likeness (QED) is 0.526. The number of hydrogen-bond acceptors (Lipinski definition) is 6. The van der Waals surface area contributed by atoms with E-state index in [4.69, 9.17) is 4.74 Å². The van der Waals surface area contributed by atoms with Gasteiger partial charge in [-0.25, -0.2) is 9.31 Å². The number of hydrogen-bond donors (Lipinski definition) is 2. The number of benzene rings is 1. The molecule has 0 spiro atoms. The summed E-state index contributed by atoms with van der Waals surface area (Å²) in [5.41, 5.74) is 1.59. The van der Waals surface area contributed by atoms with Crippen LogP contribution < -0.4 is 10.9 Å². The lowest BCUT2D eigenvalue weighted by Crippen LogP contribution is -2.41. The van der Waals surface area contributed by atoms with E-state index in [1.54, 1.807) is 21.5 Å². The van der Waals surface area contributed by atoms with Crippen molar-refractivity contribution < 1.29 is 19.1 Å². The molecular formula is C26H31N5O5. The zero-order chi connectivity index (χ0) is 26.0. The molecule has 0 radical (unpaired) electrons. The first kappa shape index (κ1) is 25.2. The highest BCUT2D eigenvalue weighted by Crippen LogP contribution is 2.28. The summed E-state index contributed by atoms with van der Waals surface area (Å²) in [7, 11) is 0. The van der Waals surface area contributed by atoms with Gasteiger partial charge >= 0.3 is 6.09 Å². The van der Waals surface area contributed by atoms with Crippen molar-refractivity contribution in [1.29, 1.82) is 0 Å². The highest BCUT2D eigenvalue weighted by atomic mass is 16.6. The van der Waals surface area contributed by atoms with E-state index < -0.39 is 11.5 Å². The normalized spacial score (nSPS) is 14.6. The topological polar surface area (TPSA) is 126 Å². The lowest BCUT2D eigenvalue weighted by molar-refractivity contribution is 0.0203. The predicted octanol–water partition coefficient (Wildman–Crippen LogP) is 3.06. The SMILES string of the molecule is Cc1ccccc1C(=O)CNC(=O)c1cnn2c(C3CCN(C(=O)OC(C)(C)C)CC3)cc(=O)[nH]c12. The van der Waals surface area contributed by atoms with Crippen molar-refractivity contribution in [2.24, 2.45) is 0 Å². The maximum atomic E-state index is 12.9. The van der Waals surface area contributed by atoms with Crippen LogP contribution in [0.5, 0.6) is 0 Å². The Morgan fingerprint density at radius 2 is 1.83 bits per heavy atom. The number of Topliss-reactive ketones (excluding diaryl/α,β-unsaturated/α-hetero) is 1. The Morgan fingerprint density at radius 1 is 1.14 bits per heavy atom. The number of piperidine rings is 1. The number of ether oxygens (including phenoxy) is 1. The monoisotopic (exact) mass is 493 g/mol. The number of H-pyrrole nitrogens is 1. The molecule has 0 bridgehead atoms. The van der Waals surface area contributed by atoms with Crippen molar-refractivity contribution in [2.45, 2.75) is 52.1 Å². The fraction of sp³-hybridized carbons (Fsp3) is 0.423. The van der Waals surface area contributed by atoms with E-state index in [1.165, 1.54) is 12.3 Å². The second kappa shape index (κ2) is 9.96. The summed E-state index contributed by atoms with van der Waals surface area (Å²) in [6.07, 6.45) is 2.29. The molecule has 2 amide bonds. The van der Waals surface area contributed by atoms with E-state index in [-0.39, 0.29) is 41.1 Å². The minimum atomic E-state index is -0.566. The molecule has 3 heterocycles. The van der Waals surface area contributed by atoms with E-state index in [9.17, 15) is 19.2 Å². The van der Waals surface area contributed by atoms with E-state index in [2.05, 4.69) is 15.4 Å². The van der Waals surface area contributed by atoms with Gasteiger partial charge in [0.25, 0.3) is 11.5 Å². The third kappa shape index (κ3) is 5.48. The maximum absolute atomic E-state index is 12.9. The number of carbonyl (C=O) groups is 3. The molecule has 0 unspecified atom stereocenters. The molecule has 1 aromatic carbocycles. The fourth-order valence-electron chi connectivity index (χ4n) is 4.39. The van der Waals surface area contributed by atoms with Crippen LogP contribution in [0.2, 0.25) is 0 Å². The van der Waals surface area contributed by atoms with Crippen molar-refractivity contribution in [3.05, 3.63) is 69.3 Å². The van der Waals surface area contributed by atoms with Crippen LogP contribution in [0.3, 0.4) is 0 Å². The molecule has 1 saturated heterocycles. The van der Waals surface area contributed by atoms with Crippen molar-refractivity contribution in [1.82, 2.24) is 24.8 Å². The Labute approximate surface area is 208 Å². The molecule has 2 N–H and O–H groups in total. The van der Waals surface area contributed by atoms with E-state index >= 15 is 0 Å². The standard InChI is InChI=1S/C26H31N5O5/c1-16-7-5-6-8-18(16)21(32)15-27-24(34)19-14-28-31-20(13-22(33)29-23(19)31)17-9-11-30(12-10-17)25(35)36-26(2,3)4/h5-8,13-14,17H,9-12,15H2,1-4H3,(H,27,34)(H,29,33). The number of likely N-dealkylation sites (tertiary alicyclic amines) is 1. The summed E-state index contributed by atoms with van der Waals surface area (Å²) >= 11 is 0. The van der Waals surface area contributed by atoms with Crippen LogP contribution in [-0.2, 0) is 4.74 Å². The minimum absolute atomic E-state index is 0.0214. The van der Waals surface area contributed by atoms with Crippen LogP contribution in [0.1, 0.15) is 71.5 Å². The Kier molecular flexibility index (Phi) is 6.96. The van der Waals surface area contributed by atoms with Gasteiger partial charge in [0.1, 0.15) is 16.8 Å². The molecule has 10 heteroatoms. The van der Waals surface area contributed by atoms with Gasteiger partial charge in [-0.2, -0.15) is 5.10 Å². The summed E-state index contributed by atoms with van der Waals surface area (Å²) < 4.78 is 7.02. The molecule has 0 aliphatic carbocycles. The Bertz CT molecular complexity index is 1360. The van der Waals surface area contributed by atoms with Gasteiger partial charge in [-0.15, -0.1) is 0 Å². The molecule has 2 aromatic heterocycles. The number of fused-ring (bicyclic) bond motifs is 1. The summed E-state index contributed by atoms with van der Waals surface area (Å²) in [6, 6.07) is 8.66. The highest BCUT2D eigenvalue weighted by Gasteiger charge is 2.29. The van der Waals surface area contributed by atoms with Gasteiger partial charge in [-0.3, -0.25) is 14.4 Å². The Hall–Kier alpha value is -3.95. The Balaban J connectivity index is 1.48. The zero-order valence-corrected chi connectivity index (χ0v) is 21.0. The third-order valence-corrected chi connectivity index (χ3v) is 6.20. The highest BCUT2D eigenvalue weighted by molar-refractivity contribution is 6.04. The van der Waals surface area contributed by atoms with Crippen LogP contribution >= 0.6 is 0 Å². The number of aromatic nitrogens is 3. The molecule has 36 heavy (non-hydrogen) atoms. The number of carbonyl (C=O) groups excluding carboxylic acids is 3. The fourth-order valence-corrected chi connectivity index (χ4v) is 4.39. The van der Waals surface area contributed by atoms with Crippen molar-refractivity contribution in [2.75, 3.05) is 19.6 Å². The van der Waals surface area contributed by atoms with Gasteiger partial charge in [0, 0.05) is 30.6 Å². The van der Waals surface area contributed by atoms with Gasteiger partial charge in [0.2, 0.25) is 0 Å². The van der Waals surface area contributed by atoms with Crippen LogP contribution in [0.15, 0.2) is 41.3 Å². The second-order valence-electron chi connectivity index (χ2n) is 10.0. The van der Waals surface area contributed by atoms with Crippen LogP contribution in [0, 0.1) is 6.92 Å². The molecule has 4 rings (SSSR count). The summed E-state index contributed by atoms with van der Waals surface area (Å²) in [6.45, 7) is 8.13. The van der Waals surface area contributed by atoms with E-state index in [0.29, 0.717) is 37.2 Å². The number of amides is 2. The molecule has 0 saturated carbocycles. The van der Waals surface area contributed by atoms with E-state index in [0.717, 1.165) is 5.56 Å². The van der Waals surface area contributed by atoms with Gasteiger partial charge in [-0.05, 0) is 46.1 Å². The minimum Gasteiger partial charge on any atom is -0.444 e. The third-order valence-electron chi connectivity index (χ3n) is 6.20. The molecule has 0 atom stereocenters. The van der Waals surface area contributed by atoms with Crippen molar-refractivity contribution in [3.8, 4) is 0 Å². The summed E-state index contributed by atoms with van der Waals surface area (Å²) in [5, 5.41) is 6.99. The van der Waals surface area contributed by atoms with Crippen molar-refractivity contribution in [3.63, 3.8) is 0 Å². The van der Waals surface area contributed by atoms with Gasteiger partial charge in [0.05, 0.1) is 18.4 Å². The lowest BCUT2D eigenvalue weighted by Gasteiger charge is -2.33. The largest absolute Gasteiger partial charge is 0.444 e. The van der Waals surface area contributed by atoms with Crippen molar-refractivity contribution >= 4 is 23.4 Å². The van der Waals surface area contributed by atoms with E-state index in [1.807, 2.05) is 39.8 Å². The van der Waals surface area contributed by atoms with Gasteiger partial charge in [0.15, 0.2) is 5.78 Å². The van der Waals surface area contributed by atoms with Crippen LogP contribution in [0.25, 0.3) is 5.65 Å². The van der Waals surface area contributed by atoms with Gasteiger partial charge < -0.3 is 19.9 Å². The Morgan fingerprint density at radius 3 is 2.50 bits per heavy atom. The number of aryl methyl sites for hydroxylation is 1. The average molecular weight is 494 g/mol. The molecule has 1 aliphatic rings. The smallest absolute Gasteiger partial charge is 0.410 e. The first-order valence-electron chi connectivity index (χ1n) is 12.0. The predicted molar refractivity (Wildman–Crippen MR) is 133 cm³/mol. The average Bonchev–Trinajstić information content (AvgIpc) is 3.25. The molecule has 190 valence electrons. The number of ketones is 1. The number of rotatable bonds is 5. The summed E-state index contributed by atoms with van der Waals surface area (Å²) in [5.74, 6) is -0.727. The number of nitrogens with one attached hydrogen (secondary N) is 2. The maximum Gasteiger partial charge on any atom is 0.410 e.